The van der Waals surface area contributed by atoms with Crippen LogP contribution >= 0.6 is 0 Å². The number of imidazole rings is 1. The van der Waals surface area contributed by atoms with Gasteiger partial charge in [-0.25, -0.2) is 4.98 Å². The van der Waals surface area contributed by atoms with Crippen molar-refractivity contribution in [3.8, 4) is 0 Å². The molecule has 2 aromatic heterocycles. The number of hydrogen-bond acceptors (Lipinski definition) is 2. The van der Waals surface area contributed by atoms with Gasteiger partial charge in [0.25, 0.3) is 0 Å². The molecule has 11 heavy (non-hydrogen) atoms. The normalized spacial score (nSPS) is 10.7. The maximum Gasteiger partial charge on any atom is 0.217 e. The van der Waals surface area contributed by atoms with Crippen molar-refractivity contribution >= 4 is 5.65 Å². The van der Waals surface area contributed by atoms with E-state index in [1.54, 1.807) is 6.20 Å². The van der Waals surface area contributed by atoms with E-state index in [4.69, 9.17) is 0 Å². The number of hydrogen-bond donors (Lipinski definition) is 0. The van der Waals surface area contributed by atoms with Gasteiger partial charge in [-0.1, -0.05) is 0 Å². The Hall–Kier alpha value is -1.45. The standard InChI is InChI=1S/C7H6FN3/c1-5-4-11-6(8)2-9-3-7(11)10-5/h2-4H,1H3. The summed E-state index contributed by atoms with van der Waals surface area (Å²) in [4.78, 5) is 7.70. The lowest BCUT2D eigenvalue weighted by Gasteiger charge is -1.91. The van der Waals surface area contributed by atoms with Crippen LogP contribution in [0.1, 0.15) is 5.69 Å². The topological polar surface area (TPSA) is 30.2 Å². The molecule has 0 amide bonds. The maximum absolute atomic E-state index is 12.9. The Morgan fingerprint density at radius 1 is 1.45 bits per heavy atom. The van der Waals surface area contributed by atoms with Crippen molar-refractivity contribution in [2.45, 2.75) is 6.92 Å². The van der Waals surface area contributed by atoms with Gasteiger partial charge in [0, 0.05) is 6.20 Å². The lowest BCUT2D eigenvalue weighted by atomic mass is 10.6. The van der Waals surface area contributed by atoms with Crippen molar-refractivity contribution in [3.05, 3.63) is 30.2 Å². The van der Waals surface area contributed by atoms with Crippen LogP contribution in [0.2, 0.25) is 0 Å². The van der Waals surface area contributed by atoms with E-state index in [1.165, 1.54) is 10.6 Å². The highest BCUT2D eigenvalue weighted by molar-refractivity contribution is 5.36. The van der Waals surface area contributed by atoms with Gasteiger partial charge in [-0.15, -0.1) is 0 Å². The highest BCUT2D eigenvalue weighted by Crippen LogP contribution is 2.04. The molecule has 0 fully saturated rings. The summed E-state index contributed by atoms with van der Waals surface area (Å²) in [7, 11) is 0. The van der Waals surface area contributed by atoms with Gasteiger partial charge in [0.1, 0.15) is 0 Å². The van der Waals surface area contributed by atoms with Crippen LogP contribution in [0, 0.1) is 12.9 Å². The summed E-state index contributed by atoms with van der Waals surface area (Å²) < 4.78 is 14.2. The molecule has 0 aliphatic heterocycles. The molecule has 0 aromatic carbocycles. The first-order chi connectivity index (χ1) is 5.27. The molecule has 0 atom stereocenters. The molecule has 56 valence electrons. The molecule has 2 rings (SSSR count). The van der Waals surface area contributed by atoms with Gasteiger partial charge in [0.05, 0.1) is 18.1 Å². The summed E-state index contributed by atoms with van der Waals surface area (Å²) in [5, 5.41) is 0. The fourth-order valence-corrected chi connectivity index (χ4v) is 1.01. The average Bonchev–Trinajstić information content (AvgIpc) is 2.31. The van der Waals surface area contributed by atoms with Crippen molar-refractivity contribution < 1.29 is 4.39 Å². The number of rotatable bonds is 0. The van der Waals surface area contributed by atoms with Gasteiger partial charge in [-0.2, -0.15) is 4.39 Å². The molecule has 0 spiro atoms. The molecule has 0 bridgehead atoms. The maximum atomic E-state index is 12.9. The summed E-state index contributed by atoms with van der Waals surface area (Å²) >= 11 is 0. The van der Waals surface area contributed by atoms with E-state index in [9.17, 15) is 4.39 Å². The van der Waals surface area contributed by atoms with Crippen LogP contribution in [-0.4, -0.2) is 14.4 Å². The van der Waals surface area contributed by atoms with E-state index in [0.717, 1.165) is 11.9 Å². The zero-order valence-corrected chi connectivity index (χ0v) is 5.95. The van der Waals surface area contributed by atoms with Gasteiger partial charge >= 0.3 is 0 Å². The summed E-state index contributed by atoms with van der Waals surface area (Å²) in [6.45, 7) is 1.81. The minimum atomic E-state index is -0.386. The van der Waals surface area contributed by atoms with Crippen LogP contribution in [0.15, 0.2) is 18.6 Å². The summed E-state index contributed by atoms with van der Waals surface area (Å²) in [5.41, 5.74) is 1.33. The van der Waals surface area contributed by atoms with E-state index >= 15 is 0 Å². The first kappa shape index (κ1) is 6.27. The Morgan fingerprint density at radius 2 is 2.27 bits per heavy atom. The molecule has 0 aliphatic carbocycles. The number of fused-ring (bicyclic) bond motifs is 1. The van der Waals surface area contributed by atoms with Crippen molar-refractivity contribution in [2.24, 2.45) is 0 Å². The molecule has 0 N–H and O–H groups in total. The number of halogens is 1. The molecule has 0 unspecified atom stereocenters. The predicted molar refractivity (Wildman–Crippen MR) is 37.7 cm³/mol. The third-order valence-electron chi connectivity index (χ3n) is 1.45. The van der Waals surface area contributed by atoms with Crippen LogP contribution in [-0.2, 0) is 0 Å². The Morgan fingerprint density at radius 3 is 3.00 bits per heavy atom. The second-order valence-electron chi connectivity index (χ2n) is 2.34. The highest BCUT2D eigenvalue weighted by atomic mass is 19.1. The van der Waals surface area contributed by atoms with Gasteiger partial charge in [-0.3, -0.25) is 9.38 Å². The average molecular weight is 151 g/mol. The molecule has 2 heterocycles. The van der Waals surface area contributed by atoms with Crippen molar-refractivity contribution in [3.63, 3.8) is 0 Å². The number of nitrogens with zero attached hydrogens (tertiary/aromatic N) is 3. The molecule has 2 aromatic rings. The first-order valence-electron chi connectivity index (χ1n) is 3.22. The fourth-order valence-electron chi connectivity index (χ4n) is 1.01. The van der Waals surface area contributed by atoms with E-state index in [-0.39, 0.29) is 5.95 Å². The Labute approximate surface area is 62.5 Å². The summed E-state index contributed by atoms with van der Waals surface area (Å²) in [6, 6.07) is 0. The molecule has 0 saturated carbocycles. The van der Waals surface area contributed by atoms with E-state index in [1.807, 2.05) is 6.92 Å². The first-order valence-corrected chi connectivity index (χ1v) is 3.22. The Kier molecular flexibility index (Phi) is 1.15. The van der Waals surface area contributed by atoms with Crippen LogP contribution in [0.4, 0.5) is 4.39 Å². The van der Waals surface area contributed by atoms with Crippen molar-refractivity contribution in [2.75, 3.05) is 0 Å². The van der Waals surface area contributed by atoms with Gasteiger partial charge < -0.3 is 0 Å². The zero-order valence-electron chi connectivity index (χ0n) is 5.95. The van der Waals surface area contributed by atoms with E-state index in [2.05, 4.69) is 9.97 Å². The SMILES string of the molecule is Cc1cn2c(F)cncc2n1. The lowest BCUT2D eigenvalue weighted by molar-refractivity contribution is 0.561. The zero-order chi connectivity index (χ0) is 7.84. The highest BCUT2D eigenvalue weighted by Gasteiger charge is 2.00. The predicted octanol–water partition coefficient (Wildman–Crippen LogP) is 1.18. The Bertz CT molecular complexity index is 393. The van der Waals surface area contributed by atoms with Crippen LogP contribution in [0.5, 0.6) is 0 Å². The number of aromatic nitrogens is 3. The molecule has 0 radical (unpaired) electrons. The molecule has 0 aliphatic rings. The smallest absolute Gasteiger partial charge is 0.217 e. The van der Waals surface area contributed by atoms with Gasteiger partial charge in [-0.05, 0) is 6.92 Å². The van der Waals surface area contributed by atoms with Crippen molar-refractivity contribution in [1.82, 2.24) is 14.4 Å². The van der Waals surface area contributed by atoms with Gasteiger partial charge in [0.2, 0.25) is 5.95 Å². The van der Waals surface area contributed by atoms with Gasteiger partial charge in [0.15, 0.2) is 5.65 Å². The van der Waals surface area contributed by atoms with Crippen LogP contribution in [0.25, 0.3) is 5.65 Å². The third kappa shape index (κ3) is 0.869. The minimum Gasteiger partial charge on any atom is -0.273 e. The lowest BCUT2D eigenvalue weighted by Crippen LogP contribution is -1.90. The number of aryl methyl sites for hydroxylation is 1. The monoisotopic (exact) mass is 151 g/mol. The molecule has 3 nitrogen and oxygen atoms in total. The second kappa shape index (κ2) is 2.02. The largest absolute Gasteiger partial charge is 0.273 e. The molecular formula is C7H6FN3. The van der Waals surface area contributed by atoms with Crippen molar-refractivity contribution in [1.29, 1.82) is 0 Å². The molecule has 4 heteroatoms. The fraction of sp³-hybridized carbons (Fsp3) is 0.143. The summed E-state index contributed by atoms with van der Waals surface area (Å²) in [6.07, 6.45) is 4.32. The minimum absolute atomic E-state index is 0.386. The van der Waals surface area contributed by atoms with E-state index in [0.29, 0.717) is 5.65 Å². The van der Waals surface area contributed by atoms with E-state index < -0.39 is 0 Å². The second-order valence-corrected chi connectivity index (χ2v) is 2.34. The van der Waals surface area contributed by atoms with Crippen LogP contribution < -0.4 is 0 Å². The summed E-state index contributed by atoms with van der Waals surface area (Å²) in [5.74, 6) is -0.386. The molecular weight excluding hydrogens is 145 g/mol. The van der Waals surface area contributed by atoms with Crippen LogP contribution in [0.3, 0.4) is 0 Å². The Balaban J connectivity index is 2.90. The third-order valence-corrected chi connectivity index (χ3v) is 1.45. The quantitative estimate of drug-likeness (QED) is 0.565. The molecule has 0 saturated heterocycles.